The number of alkyl halides is 2. The van der Waals surface area contributed by atoms with Gasteiger partial charge in [0, 0.05) is 19.4 Å². The first-order valence-electron chi connectivity index (χ1n) is 10.2. The first kappa shape index (κ1) is 22.7. The maximum absolute atomic E-state index is 12.5. The second-order valence-corrected chi connectivity index (χ2v) is 7.59. The molecule has 0 saturated carbocycles. The third-order valence-electron chi connectivity index (χ3n) is 5.09. The Morgan fingerprint density at radius 3 is 2.65 bits per heavy atom. The van der Waals surface area contributed by atoms with E-state index in [-0.39, 0.29) is 29.4 Å². The summed E-state index contributed by atoms with van der Waals surface area (Å²) in [5.41, 5.74) is 1.10. The number of Topliss-reactive ketones (excluding diaryl/α,β-unsaturated/α-hetero) is 1. The molecule has 2 atom stereocenters. The first-order valence-corrected chi connectivity index (χ1v) is 10.2. The van der Waals surface area contributed by atoms with Crippen molar-refractivity contribution in [1.29, 1.82) is 0 Å². The topological polar surface area (TPSA) is 73.8 Å². The number of aromatic nitrogens is 2. The van der Waals surface area contributed by atoms with Crippen molar-refractivity contribution in [3.05, 3.63) is 36.2 Å². The smallest absolute Gasteiger partial charge is 0.272 e. The third-order valence-corrected chi connectivity index (χ3v) is 5.09. The molecule has 168 valence electrons. The molecule has 1 aromatic heterocycles. The number of rotatable bonds is 10. The van der Waals surface area contributed by atoms with E-state index in [1.54, 1.807) is 6.92 Å². The average Bonchev–Trinajstić information content (AvgIpc) is 3.20. The Hall–Kier alpha value is -2.97. The van der Waals surface area contributed by atoms with Crippen molar-refractivity contribution >= 4 is 11.6 Å². The Balaban J connectivity index is 1.63. The molecule has 0 radical (unpaired) electrons. The second kappa shape index (κ2) is 10.4. The normalized spacial score (nSPS) is 17.0. The summed E-state index contributed by atoms with van der Waals surface area (Å²) in [6.45, 7) is 4.09. The third kappa shape index (κ3) is 6.02. The van der Waals surface area contributed by atoms with Crippen LogP contribution >= 0.6 is 0 Å². The summed E-state index contributed by atoms with van der Waals surface area (Å²) in [7, 11) is 1.43. The standard InChI is InChI=1S/C22H27F2N3O4/c1-14(10-15(2)28)16-4-6-17(7-5-16)31-18-8-9-27(11-18)21-20(29-3)22(26-13-25-21)30-12-19(23)24/h4-7,13-14,18-19H,8-12H2,1-3H3/t14-,18-/m1/s1. The lowest BCUT2D eigenvalue weighted by Crippen LogP contribution is -2.26. The van der Waals surface area contributed by atoms with Crippen LogP contribution in [0.15, 0.2) is 30.6 Å². The Morgan fingerprint density at radius 2 is 2.00 bits per heavy atom. The van der Waals surface area contributed by atoms with Crippen molar-refractivity contribution in [1.82, 2.24) is 9.97 Å². The number of carbonyl (C=O) groups excluding carboxylic acids is 1. The van der Waals surface area contributed by atoms with Crippen molar-refractivity contribution < 1.29 is 27.8 Å². The number of hydrogen-bond donors (Lipinski definition) is 0. The van der Waals surface area contributed by atoms with Gasteiger partial charge in [-0.05, 0) is 30.5 Å². The summed E-state index contributed by atoms with van der Waals surface area (Å²) in [5, 5.41) is 0. The van der Waals surface area contributed by atoms with Gasteiger partial charge >= 0.3 is 0 Å². The maximum Gasteiger partial charge on any atom is 0.272 e. The van der Waals surface area contributed by atoms with Crippen molar-refractivity contribution in [2.45, 2.75) is 45.1 Å². The van der Waals surface area contributed by atoms with Crippen LogP contribution in [0.1, 0.15) is 38.2 Å². The molecular formula is C22H27F2N3O4. The Kier molecular flexibility index (Phi) is 7.59. The lowest BCUT2D eigenvalue weighted by atomic mass is 9.96. The highest BCUT2D eigenvalue weighted by molar-refractivity contribution is 5.76. The zero-order valence-corrected chi connectivity index (χ0v) is 17.9. The van der Waals surface area contributed by atoms with Gasteiger partial charge in [0.15, 0.2) is 12.4 Å². The van der Waals surface area contributed by atoms with Gasteiger partial charge in [-0.3, -0.25) is 0 Å². The summed E-state index contributed by atoms with van der Waals surface area (Å²) in [4.78, 5) is 21.4. The summed E-state index contributed by atoms with van der Waals surface area (Å²) in [6.07, 6.45) is -0.117. The molecule has 0 spiro atoms. The van der Waals surface area contributed by atoms with Crippen LogP contribution in [0, 0.1) is 0 Å². The molecule has 2 heterocycles. The molecule has 7 nitrogen and oxygen atoms in total. The highest BCUT2D eigenvalue weighted by Gasteiger charge is 2.29. The lowest BCUT2D eigenvalue weighted by molar-refractivity contribution is -0.117. The van der Waals surface area contributed by atoms with Gasteiger partial charge in [0.1, 0.15) is 24.0 Å². The average molecular weight is 435 g/mol. The van der Waals surface area contributed by atoms with E-state index >= 15 is 0 Å². The molecule has 1 aliphatic heterocycles. The van der Waals surface area contributed by atoms with Crippen LogP contribution in [0.2, 0.25) is 0 Å². The number of ether oxygens (including phenoxy) is 3. The van der Waals surface area contributed by atoms with Crippen molar-refractivity contribution in [2.24, 2.45) is 0 Å². The number of carbonyl (C=O) groups is 1. The molecule has 0 amide bonds. The van der Waals surface area contributed by atoms with Gasteiger partial charge in [0.2, 0.25) is 5.75 Å². The van der Waals surface area contributed by atoms with Gasteiger partial charge in [-0.15, -0.1) is 0 Å². The van der Waals surface area contributed by atoms with Crippen molar-refractivity contribution in [3.8, 4) is 17.4 Å². The van der Waals surface area contributed by atoms with Gasteiger partial charge in [-0.1, -0.05) is 19.1 Å². The molecule has 1 saturated heterocycles. The largest absolute Gasteiger partial charge is 0.489 e. The van der Waals surface area contributed by atoms with Crippen molar-refractivity contribution in [3.63, 3.8) is 0 Å². The van der Waals surface area contributed by atoms with E-state index in [1.165, 1.54) is 13.4 Å². The second-order valence-electron chi connectivity index (χ2n) is 7.59. The minimum atomic E-state index is -2.61. The highest BCUT2D eigenvalue weighted by Crippen LogP contribution is 2.36. The van der Waals surface area contributed by atoms with E-state index in [4.69, 9.17) is 14.2 Å². The first-order chi connectivity index (χ1) is 14.9. The van der Waals surface area contributed by atoms with Crippen LogP contribution in [0.5, 0.6) is 17.4 Å². The number of ketones is 1. The van der Waals surface area contributed by atoms with Crippen molar-refractivity contribution in [2.75, 3.05) is 31.7 Å². The minimum absolute atomic E-state index is 0.00700. The summed E-state index contributed by atoms with van der Waals surface area (Å²) >= 11 is 0. The molecule has 3 rings (SSSR count). The summed E-state index contributed by atoms with van der Waals surface area (Å²) in [6, 6.07) is 7.79. The zero-order chi connectivity index (χ0) is 22.4. The Labute approximate surface area is 180 Å². The van der Waals surface area contributed by atoms with Gasteiger partial charge < -0.3 is 23.9 Å². The van der Waals surface area contributed by atoms with Crippen LogP contribution in [0.25, 0.3) is 0 Å². The fraction of sp³-hybridized carbons (Fsp3) is 0.500. The lowest BCUT2D eigenvalue weighted by Gasteiger charge is -2.21. The molecule has 0 bridgehead atoms. The fourth-order valence-corrected chi connectivity index (χ4v) is 3.63. The van der Waals surface area contributed by atoms with E-state index in [0.29, 0.717) is 25.3 Å². The Bertz CT molecular complexity index is 880. The van der Waals surface area contributed by atoms with Crippen LogP contribution in [-0.2, 0) is 4.79 Å². The van der Waals surface area contributed by atoms with Gasteiger partial charge in [-0.2, -0.15) is 4.98 Å². The maximum atomic E-state index is 12.5. The number of anilines is 1. The Morgan fingerprint density at radius 1 is 1.26 bits per heavy atom. The molecule has 1 aliphatic rings. The van der Waals surface area contributed by atoms with Crippen LogP contribution in [-0.4, -0.2) is 55.1 Å². The molecule has 31 heavy (non-hydrogen) atoms. The molecule has 1 fully saturated rings. The minimum Gasteiger partial charge on any atom is -0.489 e. The molecule has 9 heteroatoms. The van der Waals surface area contributed by atoms with Crippen LogP contribution < -0.4 is 19.1 Å². The van der Waals surface area contributed by atoms with E-state index in [0.717, 1.165) is 17.7 Å². The van der Waals surface area contributed by atoms with Gasteiger partial charge in [0.05, 0.1) is 13.7 Å². The van der Waals surface area contributed by atoms with E-state index in [1.807, 2.05) is 36.1 Å². The van der Waals surface area contributed by atoms with Gasteiger partial charge in [0.25, 0.3) is 12.3 Å². The van der Waals surface area contributed by atoms with Gasteiger partial charge in [-0.25, -0.2) is 13.8 Å². The number of nitrogens with zero attached hydrogens (tertiary/aromatic N) is 3. The molecule has 0 unspecified atom stereocenters. The molecule has 2 aromatic rings. The summed E-state index contributed by atoms with van der Waals surface area (Å²) < 4.78 is 41.5. The number of hydrogen-bond acceptors (Lipinski definition) is 7. The zero-order valence-electron chi connectivity index (χ0n) is 17.9. The molecular weight excluding hydrogens is 408 g/mol. The highest BCUT2D eigenvalue weighted by atomic mass is 19.3. The molecule has 0 N–H and O–H groups in total. The monoisotopic (exact) mass is 435 g/mol. The molecule has 0 aliphatic carbocycles. The SMILES string of the molecule is COc1c(OCC(F)F)ncnc1N1CC[C@@H](Oc2ccc([C@H](C)CC(C)=O)cc2)C1. The fourth-order valence-electron chi connectivity index (χ4n) is 3.63. The van der Waals surface area contributed by atoms with E-state index in [9.17, 15) is 13.6 Å². The van der Waals surface area contributed by atoms with Crippen LogP contribution in [0.4, 0.5) is 14.6 Å². The summed E-state index contributed by atoms with van der Waals surface area (Å²) in [5.74, 6) is 1.80. The van der Waals surface area contributed by atoms with E-state index in [2.05, 4.69) is 9.97 Å². The predicted octanol–water partition coefficient (Wildman–Crippen LogP) is 3.87. The molecule has 1 aromatic carbocycles. The van der Waals surface area contributed by atoms with Crippen LogP contribution in [0.3, 0.4) is 0 Å². The quantitative estimate of drug-likeness (QED) is 0.561. The number of benzene rings is 1. The number of halogens is 2. The predicted molar refractivity (Wildman–Crippen MR) is 111 cm³/mol. The number of methoxy groups -OCH3 is 1. The van der Waals surface area contributed by atoms with E-state index < -0.39 is 13.0 Å².